The van der Waals surface area contributed by atoms with Gasteiger partial charge in [0.1, 0.15) is 0 Å². The first-order valence-corrected chi connectivity index (χ1v) is 10.4. The van der Waals surface area contributed by atoms with Crippen LogP contribution in [0.2, 0.25) is 5.02 Å². The molecule has 1 heterocycles. The van der Waals surface area contributed by atoms with Gasteiger partial charge in [0.2, 0.25) is 0 Å². The van der Waals surface area contributed by atoms with Crippen molar-refractivity contribution in [2.75, 3.05) is 0 Å². The van der Waals surface area contributed by atoms with Gasteiger partial charge in [0.25, 0.3) is 0 Å². The zero-order valence-electron chi connectivity index (χ0n) is 12.6. The molecule has 0 aliphatic carbocycles. The predicted molar refractivity (Wildman–Crippen MR) is 81.3 cm³/mol. The molecule has 0 radical (unpaired) electrons. The number of benzene rings is 2. The Morgan fingerprint density at radius 1 is 1.04 bits per heavy atom. The van der Waals surface area contributed by atoms with E-state index < -0.39 is 30.1 Å². The quantitative estimate of drug-likeness (QED) is 0.458. The van der Waals surface area contributed by atoms with Crippen molar-refractivity contribution < 1.29 is 38.0 Å². The van der Waals surface area contributed by atoms with E-state index in [9.17, 15) is 14.0 Å². The van der Waals surface area contributed by atoms with Crippen LogP contribution >= 0.6 is 11.6 Å². The van der Waals surface area contributed by atoms with Crippen LogP contribution in [0.25, 0.3) is 5.76 Å². The van der Waals surface area contributed by atoms with Gasteiger partial charge >= 0.3 is 157 Å². The number of ether oxygens (including phenoxy) is 2. The van der Waals surface area contributed by atoms with Crippen molar-refractivity contribution in [3.05, 3.63) is 75.7 Å². The fourth-order valence-electron chi connectivity index (χ4n) is 2.03. The van der Waals surface area contributed by atoms with Crippen molar-refractivity contribution in [3.8, 4) is 0 Å². The first-order valence-electron chi connectivity index (χ1n) is 6.98. The molecule has 9 heteroatoms. The van der Waals surface area contributed by atoms with E-state index in [1.165, 1.54) is 0 Å². The molecule has 0 saturated heterocycles. The Bertz CT molecular complexity index is 747. The molecule has 0 saturated carbocycles. The third kappa shape index (κ3) is 5.18. The summed E-state index contributed by atoms with van der Waals surface area (Å²) in [5.41, 5.74) is 1.45. The second-order valence-corrected chi connectivity index (χ2v) is 8.32. The van der Waals surface area contributed by atoms with Gasteiger partial charge in [-0.1, -0.05) is 0 Å². The minimum absolute atomic E-state index is 0.0232. The summed E-state index contributed by atoms with van der Waals surface area (Å²) in [5, 5.41) is 0.552. The van der Waals surface area contributed by atoms with Crippen LogP contribution in [0.15, 0.2) is 59.6 Å². The Labute approximate surface area is 157 Å². The molecule has 0 spiro atoms. The molecular formula is C16H12Cl2O6Se. The van der Waals surface area contributed by atoms with Crippen LogP contribution in [0.3, 0.4) is 0 Å². The van der Waals surface area contributed by atoms with Crippen molar-refractivity contribution in [1.82, 2.24) is 0 Å². The molecule has 25 heavy (non-hydrogen) atoms. The molecule has 1 aliphatic heterocycles. The molecule has 1 aliphatic rings. The monoisotopic (exact) mass is 450 g/mol. The number of rotatable bonds is 6. The van der Waals surface area contributed by atoms with Crippen LogP contribution in [0.4, 0.5) is 0 Å². The molecule has 0 amide bonds. The van der Waals surface area contributed by atoms with Gasteiger partial charge in [0, 0.05) is 0 Å². The molecule has 0 aromatic heterocycles. The van der Waals surface area contributed by atoms with Gasteiger partial charge in [-0.25, -0.2) is 0 Å². The second-order valence-electron chi connectivity index (χ2n) is 4.94. The average Bonchev–Trinajstić information content (AvgIpc) is 2.97. The molecule has 1 atom stereocenters. The van der Waals surface area contributed by atoms with Crippen molar-refractivity contribution in [2.24, 2.45) is 0 Å². The Morgan fingerprint density at radius 3 is 2.36 bits per heavy atom. The van der Waals surface area contributed by atoms with Crippen LogP contribution in [0.5, 0.6) is 0 Å². The molecule has 0 fully saturated rings. The molecule has 0 N–H and O–H groups in total. The molecule has 2 aromatic rings. The van der Waals surface area contributed by atoms with E-state index in [1.807, 2.05) is 18.2 Å². The van der Waals surface area contributed by atoms with Crippen LogP contribution in [0.1, 0.15) is 11.1 Å². The second kappa shape index (κ2) is 7.63. The molecule has 3 rings (SSSR count). The predicted octanol–water partition coefficient (Wildman–Crippen LogP) is 0.115. The van der Waals surface area contributed by atoms with Gasteiger partial charge in [0.05, 0.1) is 0 Å². The van der Waals surface area contributed by atoms with Gasteiger partial charge in [0.15, 0.2) is 0 Å². The molecule has 0 bridgehead atoms. The van der Waals surface area contributed by atoms with Gasteiger partial charge in [-0.2, -0.15) is 0 Å². The van der Waals surface area contributed by atoms with E-state index in [0.717, 1.165) is 5.56 Å². The Kier molecular flexibility index (Phi) is 5.70. The van der Waals surface area contributed by atoms with E-state index in [2.05, 4.69) is 4.29 Å². The standard InChI is InChI=1S/C16H12Cl2O6Se/c17-14-8-6-13(7-9-14)15-11-25-16(23-15,24-18(19,20)21)22-10-12-4-2-1-3-5-12/h1-9,11H,10H2. The maximum absolute atomic E-state index is 11.1. The topological polar surface area (TPSA) is 96.9 Å². The average molecular weight is 450 g/mol. The maximum atomic E-state index is 11.1. The van der Waals surface area contributed by atoms with Gasteiger partial charge in [-0.3, -0.25) is 0 Å². The van der Waals surface area contributed by atoms with Crippen LogP contribution < -0.4 is 14.0 Å². The van der Waals surface area contributed by atoms with Crippen LogP contribution in [0, 0.1) is 10.2 Å². The number of halogens is 2. The zero-order valence-corrected chi connectivity index (χ0v) is 15.8. The summed E-state index contributed by atoms with van der Waals surface area (Å²) in [4.78, 5) is -0.318. The molecule has 2 aromatic carbocycles. The van der Waals surface area contributed by atoms with Gasteiger partial charge in [-0.05, 0) is 0 Å². The van der Waals surface area contributed by atoms with Crippen LogP contribution in [-0.2, 0) is 20.4 Å². The first kappa shape index (κ1) is 18.7. The Morgan fingerprint density at radius 2 is 1.72 bits per heavy atom. The van der Waals surface area contributed by atoms with Crippen molar-refractivity contribution in [1.29, 1.82) is 0 Å². The van der Waals surface area contributed by atoms with Gasteiger partial charge < -0.3 is 0 Å². The van der Waals surface area contributed by atoms with Gasteiger partial charge in [-0.15, -0.1) is 0 Å². The van der Waals surface area contributed by atoms with E-state index in [1.54, 1.807) is 41.4 Å². The van der Waals surface area contributed by atoms with Crippen molar-refractivity contribution in [2.45, 2.75) is 11.5 Å². The summed E-state index contributed by atoms with van der Waals surface area (Å²) in [6.45, 7) is 0.0232. The molecule has 1 unspecified atom stereocenters. The fourth-order valence-corrected chi connectivity index (χ4v) is 4.68. The summed E-state index contributed by atoms with van der Waals surface area (Å²) in [6, 6.07) is 15.8. The van der Waals surface area contributed by atoms with Crippen molar-refractivity contribution in [3.63, 3.8) is 0 Å². The fraction of sp³-hybridized carbons (Fsp3) is 0.125. The first-order chi connectivity index (χ1) is 11.9. The minimum atomic E-state index is -4.73. The summed E-state index contributed by atoms with van der Waals surface area (Å²) >= 11 is 5.14. The number of hydrogen-bond donors (Lipinski definition) is 0. The molecular weight excluding hydrogens is 438 g/mol. The number of hydrogen-bond acceptors (Lipinski definition) is 6. The third-order valence-corrected chi connectivity index (χ3v) is 5.87. The summed E-state index contributed by atoms with van der Waals surface area (Å²) in [5.74, 6) is 0.364. The van der Waals surface area contributed by atoms with E-state index in [4.69, 9.17) is 21.1 Å². The SMILES string of the molecule is [O-][Cl+3]([O-])([O-])OC1(OCc2ccccc2)OC(c2ccc(Cl)cc2)=C[Se]1. The Balaban J connectivity index is 1.76. The third-order valence-electron chi connectivity index (χ3n) is 3.12. The van der Waals surface area contributed by atoms with E-state index in [0.29, 0.717) is 16.3 Å². The summed E-state index contributed by atoms with van der Waals surface area (Å²) in [6.07, 6.45) is 0. The van der Waals surface area contributed by atoms with E-state index in [-0.39, 0.29) is 6.61 Å². The normalized spacial score (nSPS) is 20.2. The zero-order chi connectivity index (χ0) is 17.9. The molecule has 6 nitrogen and oxygen atoms in total. The molecule has 132 valence electrons. The summed E-state index contributed by atoms with van der Waals surface area (Å²) in [7, 11) is -4.73. The Hall–Kier alpha value is -1.12. The van der Waals surface area contributed by atoms with Crippen LogP contribution in [-0.4, -0.2) is 19.8 Å². The van der Waals surface area contributed by atoms with E-state index >= 15 is 0 Å². The van der Waals surface area contributed by atoms with Crippen molar-refractivity contribution >= 4 is 32.3 Å². The summed E-state index contributed by atoms with van der Waals surface area (Å²) < 4.78 is 49.0.